The fourth-order valence-corrected chi connectivity index (χ4v) is 3.43. The highest BCUT2D eigenvalue weighted by Crippen LogP contribution is 2.20. The molecule has 146 valence electrons. The summed E-state index contributed by atoms with van der Waals surface area (Å²) in [6, 6.07) is 18.3. The van der Waals surface area contributed by atoms with Crippen LogP contribution < -0.4 is 5.73 Å². The predicted octanol–water partition coefficient (Wildman–Crippen LogP) is 3.67. The molecule has 0 unspecified atom stereocenters. The Labute approximate surface area is 168 Å². The number of hydrogen-bond acceptors (Lipinski definition) is 3. The molecule has 1 fully saturated rings. The molecule has 0 radical (unpaired) electrons. The van der Waals surface area contributed by atoms with Crippen LogP contribution in [-0.4, -0.2) is 43.2 Å². The van der Waals surface area contributed by atoms with Crippen molar-refractivity contribution in [3.63, 3.8) is 0 Å². The molecule has 2 aromatic rings. The molecule has 1 amide bonds. The molecule has 1 aliphatic rings. The lowest BCUT2D eigenvalue weighted by Crippen LogP contribution is -2.41. The highest BCUT2D eigenvalue weighted by Gasteiger charge is 2.25. The molecule has 5 heteroatoms. The zero-order valence-electron chi connectivity index (χ0n) is 15.7. The number of benzene rings is 2. The minimum absolute atomic E-state index is 0. The first-order valence-corrected chi connectivity index (χ1v) is 9.50. The zero-order valence-corrected chi connectivity index (χ0v) is 16.5. The Bertz CT molecular complexity index is 700. The van der Waals surface area contributed by atoms with E-state index in [1.165, 1.54) is 5.56 Å². The molecule has 1 heterocycles. The van der Waals surface area contributed by atoms with Crippen molar-refractivity contribution in [2.45, 2.75) is 31.8 Å². The summed E-state index contributed by atoms with van der Waals surface area (Å²) in [6.07, 6.45) is 3.73. The van der Waals surface area contributed by atoms with Crippen LogP contribution in [0.25, 0.3) is 0 Å². The van der Waals surface area contributed by atoms with E-state index in [0.717, 1.165) is 56.5 Å². The Morgan fingerprint density at radius 3 is 2.41 bits per heavy atom. The summed E-state index contributed by atoms with van der Waals surface area (Å²) in [5.74, 6) is 0.136. The SMILES string of the molecule is Cl.NCCCOC1CCN(C(=O)c2ccccc2Cc2ccccc2)CC1. The van der Waals surface area contributed by atoms with Gasteiger partial charge in [0.15, 0.2) is 0 Å². The third kappa shape index (κ3) is 6.06. The molecule has 0 bridgehead atoms. The van der Waals surface area contributed by atoms with Gasteiger partial charge in [0, 0.05) is 25.3 Å². The number of rotatable bonds is 7. The Hall–Kier alpha value is -1.88. The Morgan fingerprint density at radius 1 is 1.04 bits per heavy atom. The van der Waals surface area contributed by atoms with E-state index in [2.05, 4.69) is 18.2 Å². The van der Waals surface area contributed by atoms with Crippen molar-refractivity contribution in [3.05, 3.63) is 71.3 Å². The quantitative estimate of drug-likeness (QED) is 0.736. The average Bonchev–Trinajstić information content (AvgIpc) is 2.69. The van der Waals surface area contributed by atoms with Crippen molar-refractivity contribution in [2.24, 2.45) is 5.73 Å². The number of piperidine rings is 1. The summed E-state index contributed by atoms with van der Waals surface area (Å²) in [4.78, 5) is 15.0. The summed E-state index contributed by atoms with van der Waals surface area (Å²) in [5.41, 5.74) is 8.64. The van der Waals surface area contributed by atoms with Crippen molar-refractivity contribution in [2.75, 3.05) is 26.2 Å². The van der Waals surface area contributed by atoms with Gasteiger partial charge in [-0.05, 0) is 49.4 Å². The van der Waals surface area contributed by atoms with Gasteiger partial charge in [-0.3, -0.25) is 4.79 Å². The number of hydrogen-bond donors (Lipinski definition) is 1. The average molecular weight is 389 g/mol. The number of halogens is 1. The molecule has 1 aliphatic heterocycles. The molecule has 1 saturated heterocycles. The number of ether oxygens (including phenoxy) is 1. The van der Waals surface area contributed by atoms with Crippen LogP contribution in [0, 0.1) is 0 Å². The van der Waals surface area contributed by atoms with E-state index in [4.69, 9.17) is 10.5 Å². The minimum Gasteiger partial charge on any atom is -0.378 e. The van der Waals surface area contributed by atoms with E-state index in [9.17, 15) is 4.79 Å². The molecule has 0 aliphatic carbocycles. The number of amides is 1. The van der Waals surface area contributed by atoms with Crippen LogP contribution in [0.5, 0.6) is 0 Å². The lowest BCUT2D eigenvalue weighted by Gasteiger charge is -2.32. The maximum atomic E-state index is 13.0. The summed E-state index contributed by atoms with van der Waals surface area (Å²) < 4.78 is 5.84. The molecule has 0 aromatic heterocycles. The maximum Gasteiger partial charge on any atom is 0.254 e. The topological polar surface area (TPSA) is 55.6 Å². The lowest BCUT2D eigenvalue weighted by molar-refractivity contribution is 0.00842. The highest BCUT2D eigenvalue weighted by molar-refractivity contribution is 5.95. The normalized spacial score (nSPS) is 14.6. The number of likely N-dealkylation sites (tertiary alicyclic amines) is 1. The van der Waals surface area contributed by atoms with Crippen LogP contribution in [0.1, 0.15) is 40.7 Å². The molecule has 3 rings (SSSR count). The van der Waals surface area contributed by atoms with Gasteiger partial charge in [-0.25, -0.2) is 0 Å². The van der Waals surface area contributed by atoms with Gasteiger partial charge in [-0.1, -0.05) is 48.5 Å². The first kappa shape index (κ1) is 21.4. The van der Waals surface area contributed by atoms with Gasteiger partial charge >= 0.3 is 0 Å². The van der Waals surface area contributed by atoms with Gasteiger partial charge in [-0.15, -0.1) is 12.4 Å². The first-order chi connectivity index (χ1) is 12.8. The number of carbonyl (C=O) groups excluding carboxylic acids is 1. The Morgan fingerprint density at radius 2 is 1.70 bits per heavy atom. The third-order valence-corrected chi connectivity index (χ3v) is 4.92. The molecular weight excluding hydrogens is 360 g/mol. The second-order valence-corrected chi connectivity index (χ2v) is 6.82. The van der Waals surface area contributed by atoms with E-state index in [1.54, 1.807) is 0 Å². The standard InChI is InChI=1S/C22H28N2O2.ClH/c23-13-6-16-26-20-11-14-24(15-12-20)22(25)21-10-5-4-9-19(21)17-18-7-2-1-3-8-18;/h1-5,7-10,20H,6,11-17,23H2;1H. The van der Waals surface area contributed by atoms with Crippen LogP contribution in [0.4, 0.5) is 0 Å². The Balaban J connectivity index is 0.00000261. The number of carbonyl (C=O) groups is 1. The monoisotopic (exact) mass is 388 g/mol. The van der Waals surface area contributed by atoms with Gasteiger partial charge in [0.1, 0.15) is 0 Å². The molecule has 2 aromatic carbocycles. The van der Waals surface area contributed by atoms with Gasteiger partial charge in [0.25, 0.3) is 5.91 Å². The van der Waals surface area contributed by atoms with E-state index in [-0.39, 0.29) is 24.4 Å². The molecule has 27 heavy (non-hydrogen) atoms. The molecule has 4 nitrogen and oxygen atoms in total. The molecular formula is C22H29ClN2O2. The van der Waals surface area contributed by atoms with Crippen molar-refractivity contribution >= 4 is 18.3 Å². The van der Waals surface area contributed by atoms with Gasteiger partial charge < -0.3 is 15.4 Å². The summed E-state index contributed by atoms with van der Waals surface area (Å²) in [7, 11) is 0. The van der Waals surface area contributed by atoms with E-state index < -0.39 is 0 Å². The van der Waals surface area contributed by atoms with Crippen LogP contribution in [0.2, 0.25) is 0 Å². The first-order valence-electron chi connectivity index (χ1n) is 9.50. The van der Waals surface area contributed by atoms with Crippen molar-refractivity contribution < 1.29 is 9.53 Å². The second-order valence-electron chi connectivity index (χ2n) is 6.82. The number of nitrogens with two attached hydrogens (primary N) is 1. The van der Waals surface area contributed by atoms with Crippen LogP contribution >= 0.6 is 12.4 Å². The molecule has 0 saturated carbocycles. The highest BCUT2D eigenvalue weighted by atomic mass is 35.5. The molecule has 0 spiro atoms. The van der Waals surface area contributed by atoms with Crippen LogP contribution in [0.15, 0.2) is 54.6 Å². The minimum atomic E-state index is 0. The van der Waals surface area contributed by atoms with Crippen LogP contribution in [-0.2, 0) is 11.2 Å². The number of nitrogens with zero attached hydrogens (tertiary/aromatic N) is 1. The van der Waals surface area contributed by atoms with Crippen molar-refractivity contribution in [1.29, 1.82) is 0 Å². The summed E-state index contributed by atoms with van der Waals surface area (Å²) in [5, 5.41) is 0. The van der Waals surface area contributed by atoms with E-state index in [0.29, 0.717) is 6.54 Å². The van der Waals surface area contributed by atoms with Gasteiger partial charge in [-0.2, -0.15) is 0 Å². The van der Waals surface area contributed by atoms with Gasteiger partial charge in [0.05, 0.1) is 6.10 Å². The van der Waals surface area contributed by atoms with E-state index in [1.807, 2.05) is 41.3 Å². The maximum absolute atomic E-state index is 13.0. The van der Waals surface area contributed by atoms with Gasteiger partial charge in [0.2, 0.25) is 0 Å². The largest absolute Gasteiger partial charge is 0.378 e. The lowest BCUT2D eigenvalue weighted by atomic mass is 9.98. The molecule has 0 atom stereocenters. The van der Waals surface area contributed by atoms with Crippen molar-refractivity contribution in [1.82, 2.24) is 4.90 Å². The van der Waals surface area contributed by atoms with Crippen LogP contribution in [0.3, 0.4) is 0 Å². The third-order valence-electron chi connectivity index (χ3n) is 4.92. The fourth-order valence-electron chi connectivity index (χ4n) is 3.43. The smallest absolute Gasteiger partial charge is 0.254 e. The summed E-state index contributed by atoms with van der Waals surface area (Å²) >= 11 is 0. The Kier molecular flexibility index (Phi) is 8.79. The predicted molar refractivity (Wildman–Crippen MR) is 111 cm³/mol. The fraction of sp³-hybridized carbons (Fsp3) is 0.409. The van der Waals surface area contributed by atoms with E-state index >= 15 is 0 Å². The van der Waals surface area contributed by atoms with Crippen molar-refractivity contribution in [3.8, 4) is 0 Å². The zero-order chi connectivity index (χ0) is 18.2. The molecule has 2 N–H and O–H groups in total. The summed E-state index contributed by atoms with van der Waals surface area (Å²) in [6.45, 7) is 2.89. The second kappa shape index (κ2) is 11.1.